The van der Waals surface area contributed by atoms with E-state index < -0.39 is 0 Å². The van der Waals surface area contributed by atoms with Crippen molar-refractivity contribution in [2.24, 2.45) is 20.8 Å². The van der Waals surface area contributed by atoms with Gasteiger partial charge in [-0.1, -0.05) is 41.5 Å². The molecule has 0 saturated heterocycles. The maximum atomic E-state index is 6.42. The summed E-state index contributed by atoms with van der Waals surface area (Å²) >= 11 is 0. The summed E-state index contributed by atoms with van der Waals surface area (Å²) in [5, 5.41) is 0. The average molecular weight is 565 g/mol. The van der Waals surface area contributed by atoms with Gasteiger partial charge in [0.25, 0.3) is 0 Å². The molecule has 2 saturated carbocycles. The molecular weight excluding hydrogens is 531 g/mol. The fourth-order valence-corrected chi connectivity index (χ4v) is 5.22. The van der Waals surface area contributed by atoms with Crippen LogP contribution in [0.15, 0.2) is 9.98 Å². The number of aliphatic imine (C=N–C) groups is 2. The Balaban J connectivity index is 0.00000131. The van der Waals surface area contributed by atoms with E-state index in [0.717, 1.165) is 37.5 Å². The molecule has 2 spiro atoms. The topological polar surface area (TPSA) is 43.2 Å². The van der Waals surface area contributed by atoms with Crippen LogP contribution in [0.4, 0.5) is 0 Å². The summed E-state index contributed by atoms with van der Waals surface area (Å²) in [5.41, 5.74) is 0.155. The maximum Gasteiger partial charge on any atom is 2.00 e. The number of hydrogen-bond acceptors (Lipinski definition) is 4. The quantitative estimate of drug-likeness (QED) is 0.401. The summed E-state index contributed by atoms with van der Waals surface area (Å²) in [7, 11) is 0. The van der Waals surface area contributed by atoms with Gasteiger partial charge in [-0.3, -0.25) is 0 Å². The predicted molar refractivity (Wildman–Crippen MR) is 101 cm³/mol. The number of ether oxygens (including phenoxy) is 2. The third-order valence-electron chi connectivity index (χ3n) is 6.53. The van der Waals surface area contributed by atoms with E-state index in [-0.39, 0.29) is 84.6 Å². The minimum atomic E-state index is -0.0513. The van der Waals surface area contributed by atoms with Crippen LogP contribution in [-0.4, -0.2) is 35.1 Å². The summed E-state index contributed by atoms with van der Waals surface area (Å²) in [6.45, 7) is 13.6. The fourth-order valence-electron chi connectivity index (χ4n) is 5.22. The molecule has 4 rings (SSSR count). The molecule has 7 heteroatoms. The van der Waals surface area contributed by atoms with E-state index >= 15 is 0 Å². The molecule has 164 valence electrons. The van der Waals surface area contributed by atoms with E-state index in [0.29, 0.717) is 6.42 Å². The Bertz CT molecular complexity index is 575. The van der Waals surface area contributed by atoms with Crippen LogP contribution in [0.5, 0.6) is 0 Å². The molecule has 0 aromatic heterocycles. The molecule has 0 aromatic carbocycles. The molecule has 4 aliphatic rings. The van der Waals surface area contributed by atoms with Gasteiger partial charge < -0.3 is 43.4 Å². The first-order valence-electron chi connectivity index (χ1n) is 10.1. The number of halogens is 2. The Hall–Kier alpha value is 0.394. The Morgan fingerprint density at radius 3 is 1.25 bits per heavy atom. The molecule has 2 aliphatic heterocycles. The molecule has 0 N–H and O–H groups in total. The van der Waals surface area contributed by atoms with Crippen LogP contribution < -0.4 is 34.0 Å². The second-order valence-corrected chi connectivity index (χ2v) is 10.8. The van der Waals surface area contributed by atoms with E-state index in [1.165, 1.54) is 12.8 Å². The molecular formula is C21H34Br2N2NiO2. The zero-order chi connectivity index (χ0) is 18.1. The van der Waals surface area contributed by atoms with Gasteiger partial charge in [-0.05, 0) is 49.4 Å². The van der Waals surface area contributed by atoms with Gasteiger partial charge in [0.2, 0.25) is 0 Å². The zero-order valence-corrected chi connectivity index (χ0v) is 22.0. The Morgan fingerprint density at radius 2 is 1.07 bits per heavy atom. The Kier molecular flexibility index (Phi) is 8.02. The first-order valence-corrected chi connectivity index (χ1v) is 10.1. The molecule has 0 amide bonds. The van der Waals surface area contributed by atoms with Crippen molar-refractivity contribution in [3.63, 3.8) is 0 Å². The second kappa shape index (κ2) is 8.50. The van der Waals surface area contributed by atoms with Crippen LogP contribution in [0.2, 0.25) is 0 Å². The third-order valence-corrected chi connectivity index (χ3v) is 6.53. The largest absolute Gasteiger partial charge is 2.00 e. The van der Waals surface area contributed by atoms with Gasteiger partial charge in [-0.2, -0.15) is 0 Å². The zero-order valence-electron chi connectivity index (χ0n) is 17.9. The van der Waals surface area contributed by atoms with E-state index in [9.17, 15) is 0 Å². The van der Waals surface area contributed by atoms with Gasteiger partial charge >= 0.3 is 16.5 Å². The number of nitrogens with zero attached hydrogens (tertiary/aromatic N) is 2. The maximum absolute atomic E-state index is 6.42. The Morgan fingerprint density at radius 1 is 0.750 bits per heavy atom. The molecule has 28 heavy (non-hydrogen) atoms. The minimum Gasteiger partial charge on any atom is -1.00 e. The third kappa shape index (κ3) is 4.37. The van der Waals surface area contributed by atoms with Gasteiger partial charge in [0.1, 0.15) is 11.2 Å². The summed E-state index contributed by atoms with van der Waals surface area (Å²) < 4.78 is 12.8. The van der Waals surface area contributed by atoms with Crippen LogP contribution >= 0.6 is 0 Å². The van der Waals surface area contributed by atoms with Crippen molar-refractivity contribution < 1.29 is 59.9 Å². The van der Waals surface area contributed by atoms with Gasteiger partial charge in [-0.25, -0.2) is 9.98 Å². The van der Waals surface area contributed by atoms with Crippen LogP contribution in [0.3, 0.4) is 0 Å². The Labute approximate surface area is 201 Å². The van der Waals surface area contributed by atoms with Crippen LogP contribution in [0.1, 0.15) is 86.5 Å². The van der Waals surface area contributed by atoms with E-state index in [1.54, 1.807) is 0 Å². The standard InChI is InChI=1S/C21H34N2O2.2BrH.Ni/c1-18(2,3)16-20(9-7-10-20)24-14(22-16)13-15-23-17(19(4,5)6)21(25-15)11-8-12-21;;;/h16-17H,7-13H2,1-6H3;2*1H;/q;;;+2/p-2/t16-,17-;;;/m1.../s1. The summed E-state index contributed by atoms with van der Waals surface area (Å²) in [6, 6.07) is 0.503. The normalized spacial score (nSPS) is 29.1. The van der Waals surface area contributed by atoms with Gasteiger partial charge in [-0.15, -0.1) is 0 Å². The van der Waals surface area contributed by atoms with Crippen molar-refractivity contribution in [2.75, 3.05) is 0 Å². The van der Waals surface area contributed by atoms with E-state index in [1.807, 2.05) is 0 Å². The molecule has 2 fully saturated rings. The van der Waals surface area contributed by atoms with Gasteiger partial charge in [0.15, 0.2) is 11.8 Å². The monoisotopic (exact) mass is 562 g/mol. The molecule has 2 aliphatic carbocycles. The molecule has 0 radical (unpaired) electrons. The smallest absolute Gasteiger partial charge is 1.00 e. The van der Waals surface area contributed by atoms with Crippen molar-refractivity contribution in [2.45, 2.75) is 110 Å². The molecule has 0 unspecified atom stereocenters. The summed E-state index contributed by atoms with van der Waals surface area (Å²) in [6.07, 6.45) is 7.65. The summed E-state index contributed by atoms with van der Waals surface area (Å²) in [4.78, 5) is 10.0. The molecule has 2 atom stereocenters. The minimum absolute atomic E-state index is 0. The SMILES string of the molecule is CC(C)(C)[C@H]1N=C(CC2=N[C@H](C(C)(C)C)C3(CCC3)O2)OC12CCC2.[Br-].[Br-].[Ni+2]. The average Bonchev–Trinajstić information content (AvgIpc) is 2.95. The van der Waals surface area contributed by atoms with E-state index in [4.69, 9.17) is 19.5 Å². The van der Waals surface area contributed by atoms with Crippen molar-refractivity contribution >= 4 is 11.8 Å². The van der Waals surface area contributed by atoms with Crippen molar-refractivity contribution in [1.29, 1.82) is 0 Å². The number of rotatable bonds is 2. The predicted octanol–water partition coefficient (Wildman–Crippen LogP) is -1.09. The molecule has 0 bridgehead atoms. The fraction of sp³-hybridized carbons (Fsp3) is 0.905. The van der Waals surface area contributed by atoms with Crippen molar-refractivity contribution in [3.8, 4) is 0 Å². The molecule has 2 heterocycles. The molecule has 4 nitrogen and oxygen atoms in total. The van der Waals surface area contributed by atoms with Crippen LogP contribution in [-0.2, 0) is 26.0 Å². The first-order chi connectivity index (χ1) is 11.5. The van der Waals surface area contributed by atoms with Crippen molar-refractivity contribution in [1.82, 2.24) is 0 Å². The first kappa shape index (κ1) is 26.4. The number of hydrogen-bond donors (Lipinski definition) is 0. The van der Waals surface area contributed by atoms with Crippen LogP contribution in [0.25, 0.3) is 0 Å². The summed E-state index contributed by atoms with van der Waals surface area (Å²) in [5.74, 6) is 1.70. The van der Waals surface area contributed by atoms with Crippen LogP contribution in [0, 0.1) is 10.8 Å². The van der Waals surface area contributed by atoms with Gasteiger partial charge in [0.05, 0.1) is 18.5 Å². The van der Waals surface area contributed by atoms with Crippen molar-refractivity contribution in [3.05, 3.63) is 0 Å². The van der Waals surface area contributed by atoms with Gasteiger partial charge in [0, 0.05) is 0 Å². The second-order valence-electron chi connectivity index (χ2n) is 10.8. The van der Waals surface area contributed by atoms with E-state index in [2.05, 4.69) is 41.5 Å². The molecule has 0 aromatic rings.